The number of ketones is 2. The van der Waals surface area contributed by atoms with Crippen LogP contribution in [0.3, 0.4) is 0 Å². The third-order valence-electron chi connectivity index (χ3n) is 14.4. The smallest absolute Gasteiger partial charge is 0.335 e. The van der Waals surface area contributed by atoms with Crippen LogP contribution in [0.1, 0.15) is 92.6 Å². The zero-order valence-electron chi connectivity index (χ0n) is 30.8. The third-order valence-corrected chi connectivity index (χ3v) is 14.4. The average Bonchev–Trinajstić information content (AvgIpc) is 3.23. The fraction of sp³-hybridized carbons (Fsp3) is 0.595. The van der Waals surface area contributed by atoms with E-state index in [9.17, 15) is 45.0 Å². The van der Waals surface area contributed by atoms with Crippen LogP contribution in [-0.4, -0.2) is 71.6 Å². The van der Waals surface area contributed by atoms with Gasteiger partial charge in [0.05, 0.1) is 17.3 Å². The van der Waals surface area contributed by atoms with Gasteiger partial charge in [0, 0.05) is 47.0 Å². The molecule has 276 valence electrons. The first kappa shape index (κ1) is 37.4. The molecule has 0 aromatic heterocycles. The van der Waals surface area contributed by atoms with Gasteiger partial charge in [0.25, 0.3) is 0 Å². The molecule has 0 aliphatic heterocycles. The Morgan fingerprint density at radius 1 is 0.980 bits per heavy atom. The number of allylic oxidation sites excluding steroid dienone is 1. The van der Waals surface area contributed by atoms with Crippen molar-refractivity contribution in [3.63, 3.8) is 0 Å². The molecule has 0 radical (unpaired) electrons. The molecule has 0 unspecified atom stereocenters. The lowest BCUT2D eigenvalue weighted by atomic mass is 9.36. The van der Waals surface area contributed by atoms with Gasteiger partial charge < -0.3 is 30.6 Å². The summed E-state index contributed by atoms with van der Waals surface area (Å²) in [5.74, 6) is -4.01. The minimum absolute atomic E-state index is 0.0541. The number of benzene rings is 1. The molecule has 0 saturated heterocycles. The highest BCUT2D eigenvalue weighted by molar-refractivity contribution is 6.02. The van der Waals surface area contributed by atoms with E-state index < -0.39 is 86.0 Å². The number of hydrogen-bond acceptors (Lipinski definition) is 8. The SMILES string of the molecule is C[C@H](O)C/C(C(=O)O)=C(/O)[C@@H](O)C[C@@H](C)[C@H]1C[C@@]2(O)C=C[C@]3(O)C4=C(C(=O)C[C@@]1(C)[C@]42C)[C@@]1(C)CCC(=O)C(C)(C)[C@H]1[C@@H]3/C=C/c1ccccc1. The predicted molar refractivity (Wildman–Crippen MR) is 192 cm³/mol. The second-order valence-electron chi connectivity index (χ2n) is 17.6. The molecule has 0 bridgehead atoms. The highest BCUT2D eigenvalue weighted by Crippen LogP contribution is 2.78. The fourth-order valence-corrected chi connectivity index (χ4v) is 11.8. The zero-order chi connectivity index (χ0) is 37.7. The molecule has 0 amide bonds. The number of carbonyl (C=O) groups is 3. The van der Waals surface area contributed by atoms with Crippen LogP contribution in [0.5, 0.6) is 0 Å². The van der Waals surface area contributed by atoms with E-state index in [-0.39, 0.29) is 37.2 Å². The molecule has 6 rings (SSSR count). The first-order valence-electron chi connectivity index (χ1n) is 18.3. The summed E-state index contributed by atoms with van der Waals surface area (Å²) in [6.45, 7) is 13.1. The zero-order valence-corrected chi connectivity index (χ0v) is 30.8. The van der Waals surface area contributed by atoms with Crippen molar-refractivity contribution in [1.29, 1.82) is 0 Å². The molecule has 11 atom stereocenters. The molecule has 1 aromatic rings. The summed E-state index contributed by atoms with van der Waals surface area (Å²) in [6.07, 6.45) is 5.34. The number of carboxylic acids is 1. The van der Waals surface area contributed by atoms with Crippen LogP contribution in [-0.2, 0) is 14.4 Å². The van der Waals surface area contributed by atoms with Crippen molar-refractivity contribution in [3.05, 3.63) is 76.6 Å². The number of aliphatic hydroxyl groups is 5. The summed E-state index contributed by atoms with van der Waals surface area (Å²) in [7, 11) is 0. The number of carbonyl (C=O) groups excluding carboxylic acids is 2. The maximum Gasteiger partial charge on any atom is 0.335 e. The maximum absolute atomic E-state index is 14.9. The van der Waals surface area contributed by atoms with Gasteiger partial charge in [0.1, 0.15) is 23.2 Å². The van der Waals surface area contributed by atoms with Gasteiger partial charge in [-0.25, -0.2) is 4.79 Å². The monoisotopic (exact) mass is 702 g/mol. The molecule has 2 fully saturated rings. The van der Waals surface area contributed by atoms with Crippen LogP contribution in [0.2, 0.25) is 0 Å². The molecule has 0 heterocycles. The number of rotatable bonds is 9. The van der Waals surface area contributed by atoms with E-state index in [0.717, 1.165) is 5.56 Å². The lowest BCUT2D eigenvalue weighted by Crippen LogP contribution is -2.69. The molecule has 6 N–H and O–H groups in total. The van der Waals surface area contributed by atoms with E-state index in [1.165, 1.54) is 6.92 Å². The normalized spacial score (nSPS) is 40.4. The summed E-state index contributed by atoms with van der Waals surface area (Å²) in [5, 5.41) is 67.6. The van der Waals surface area contributed by atoms with Crippen LogP contribution in [0.25, 0.3) is 6.08 Å². The molecule has 51 heavy (non-hydrogen) atoms. The van der Waals surface area contributed by atoms with E-state index in [1.807, 2.05) is 77.1 Å². The molecule has 0 spiro atoms. The van der Waals surface area contributed by atoms with Gasteiger partial charge in [-0.3, -0.25) is 9.59 Å². The van der Waals surface area contributed by atoms with Crippen LogP contribution in [0.4, 0.5) is 0 Å². The second-order valence-corrected chi connectivity index (χ2v) is 17.6. The molecule has 5 aliphatic carbocycles. The first-order valence-corrected chi connectivity index (χ1v) is 18.3. The summed E-state index contributed by atoms with van der Waals surface area (Å²) >= 11 is 0. The first-order chi connectivity index (χ1) is 23.6. The topological polar surface area (TPSA) is 173 Å². The van der Waals surface area contributed by atoms with Gasteiger partial charge in [-0.2, -0.15) is 0 Å². The van der Waals surface area contributed by atoms with E-state index >= 15 is 0 Å². The van der Waals surface area contributed by atoms with Crippen LogP contribution >= 0.6 is 0 Å². The Kier molecular flexibility index (Phi) is 8.86. The molecule has 1 aromatic carbocycles. The van der Waals surface area contributed by atoms with Gasteiger partial charge in [-0.05, 0) is 66.6 Å². The van der Waals surface area contributed by atoms with Crippen LogP contribution in [0.15, 0.2) is 71.0 Å². The number of fused-ring (bicyclic) bond motifs is 2. The van der Waals surface area contributed by atoms with Crippen molar-refractivity contribution in [2.75, 3.05) is 0 Å². The third kappa shape index (κ3) is 5.12. The summed E-state index contributed by atoms with van der Waals surface area (Å²) in [5.41, 5.74) is -5.35. The van der Waals surface area contributed by atoms with Gasteiger partial charge in [0.15, 0.2) is 5.78 Å². The Bertz CT molecular complexity index is 1770. The van der Waals surface area contributed by atoms with Crippen molar-refractivity contribution in [3.8, 4) is 0 Å². The van der Waals surface area contributed by atoms with Crippen molar-refractivity contribution < 1.29 is 45.0 Å². The van der Waals surface area contributed by atoms with E-state index in [4.69, 9.17) is 0 Å². The minimum Gasteiger partial charge on any atom is -0.509 e. The highest BCUT2D eigenvalue weighted by Gasteiger charge is 2.78. The van der Waals surface area contributed by atoms with Crippen molar-refractivity contribution in [2.24, 2.45) is 45.3 Å². The lowest BCUT2D eigenvalue weighted by molar-refractivity contribution is -0.161. The van der Waals surface area contributed by atoms with Gasteiger partial charge >= 0.3 is 5.97 Å². The van der Waals surface area contributed by atoms with Gasteiger partial charge in [-0.1, -0.05) is 90.1 Å². The largest absolute Gasteiger partial charge is 0.509 e. The summed E-state index contributed by atoms with van der Waals surface area (Å²) in [6, 6.07) is 9.73. The van der Waals surface area contributed by atoms with E-state index in [1.54, 1.807) is 12.2 Å². The Labute approximate surface area is 300 Å². The van der Waals surface area contributed by atoms with Gasteiger partial charge in [-0.15, -0.1) is 0 Å². The predicted octanol–water partition coefficient (Wildman–Crippen LogP) is 5.73. The quantitative estimate of drug-likeness (QED) is 0.107. The average molecular weight is 703 g/mol. The molecule has 2 saturated carbocycles. The second kappa shape index (κ2) is 12.1. The fourth-order valence-electron chi connectivity index (χ4n) is 11.8. The Balaban J connectivity index is 1.51. The van der Waals surface area contributed by atoms with E-state index in [0.29, 0.717) is 24.0 Å². The number of hydrogen-bond donors (Lipinski definition) is 6. The molecule has 9 nitrogen and oxygen atoms in total. The molecule has 9 heteroatoms. The number of carboxylic acid groups (broad SMARTS) is 1. The van der Waals surface area contributed by atoms with Crippen molar-refractivity contribution in [2.45, 2.75) is 110 Å². The van der Waals surface area contributed by atoms with E-state index in [2.05, 4.69) is 6.92 Å². The van der Waals surface area contributed by atoms with Crippen LogP contribution < -0.4 is 0 Å². The minimum atomic E-state index is -1.70. The molecular weight excluding hydrogens is 648 g/mol. The maximum atomic E-state index is 14.9. The van der Waals surface area contributed by atoms with Gasteiger partial charge in [0.2, 0.25) is 0 Å². The van der Waals surface area contributed by atoms with Crippen molar-refractivity contribution in [1.82, 2.24) is 0 Å². The molecular formula is C42H54O9. The molecule has 5 aliphatic rings. The Morgan fingerprint density at radius 3 is 2.24 bits per heavy atom. The summed E-state index contributed by atoms with van der Waals surface area (Å²) in [4.78, 5) is 40.4. The number of aliphatic hydroxyl groups excluding tert-OH is 3. The Hall–Kier alpha value is -3.37. The highest BCUT2D eigenvalue weighted by atomic mass is 16.4. The standard InChI is InChI=1S/C42H54O9/c1-23(19-29(44)33(47)26(36(48)49)20-24(2)43)28-21-41(50)17-18-42(51)27(14-13-25-11-9-8-10-12-25)34-37(3,4)31(46)15-16-38(34,5)32-30(45)22-39(28,6)40(41,7)35(32)42/h8-14,17-18,23-24,27-29,34,43-44,47,50-51H,15-16,19-22H2,1-7H3,(H,48,49)/b14-13+,33-26-/t23-,24+,27+,28-,29+,34-,38-,39-,40+,41+,42-/m1/s1. The summed E-state index contributed by atoms with van der Waals surface area (Å²) < 4.78 is 0. The van der Waals surface area contributed by atoms with Crippen LogP contribution in [0, 0.1) is 45.3 Å². The van der Waals surface area contributed by atoms with Crippen molar-refractivity contribution >= 4 is 23.6 Å². The number of aliphatic carboxylic acids is 1. The lowest BCUT2D eigenvalue weighted by Gasteiger charge is -2.68. The number of Topliss-reactive ketones (excluding diaryl/α,β-unsaturated/α-hetero) is 2. The Morgan fingerprint density at radius 2 is 1.63 bits per heavy atom.